The number of nitrogens with zero attached hydrogens (tertiary/aromatic N) is 1. The largest absolute Gasteiger partial charge is 0.480 e. The van der Waals surface area contributed by atoms with Gasteiger partial charge in [-0.05, 0) is 6.92 Å². The number of aliphatic carboxylic acids is 1. The molecule has 1 N–H and O–H groups in total. The van der Waals surface area contributed by atoms with Gasteiger partial charge in [0.2, 0.25) is 0 Å². The second-order valence-corrected chi connectivity index (χ2v) is 2.49. The third-order valence-electron chi connectivity index (χ3n) is 1.55. The number of carbonyl (C=O) groups excluding carboxylic acids is 1. The average molecular weight is 187 g/mol. The Hall–Kier alpha value is -1.52. The van der Waals surface area contributed by atoms with Crippen LogP contribution < -0.4 is 0 Å². The van der Waals surface area contributed by atoms with Gasteiger partial charge < -0.3 is 9.84 Å². The van der Waals surface area contributed by atoms with E-state index in [-0.39, 0.29) is 6.61 Å². The normalized spacial score (nSPS) is 11.5. The minimum Gasteiger partial charge on any atom is -0.480 e. The lowest BCUT2D eigenvalue weighted by Crippen LogP contribution is -2.40. The molecule has 13 heavy (non-hydrogen) atoms. The van der Waals surface area contributed by atoms with Crippen LogP contribution in [0.2, 0.25) is 0 Å². The van der Waals surface area contributed by atoms with Crippen LogP contribution in [0.25, 0.3) is 0 Å². The second-order valence-electron chi connectivity index (χ2n) is 2.49. The first kappa shape index (κ1) is 11.5. The van der Waals surface area contributed by atoms with Crippen LogP contribution >= 0.6 is 0 Å². The van der Waals surface area contributed by atoms with Crippen LogP contribution in [0, 0.1) is 0 Å². The van der Waals surface area contributed by atoms with E-state index in [4.69, 9.17) is 5.11 Å². The van der Waals surface area contributed by atoms with Crippen LogP contribution in [-0.2, 0) is 9.53 Å². The third kappa shape index (κ3) is 3.59. The Kier molecular flexibility index (Phi) is 4.58. The second kappa shape index (κ2) is 5.18. The number of amides is 1. The first-order valence-electron chi connectivity index (χ1n) is 3.74. The van der Waals surface area contributed by atoms with E-state index in [0.717, 1.165) is 4.90 Å². The molecule has 0 aliphatic rings. The van der Waals surface area contributed by atoms with Crippen molar-refractivity contribution in [2.75, 3.05) is 13.7 Å². The van der Waals surface area contributed by atoms with Crippen LogP contribution in [0.1, 0.15) is 6.92 Å². The third-order valence-corrected chi connectivity index (χ3v) is 1.55. The van der Waals surface area contributed by atoms with E-state index >= 15 is 0 Å². The molecule has 0 aliphatic carbocycles. The SMILES string of the molecule is C=CCOC(=O)N(C)[C@H](C)C(=O)O. The molecular weight excluding hydrogens is 174 g/mol. The van der Waals surface area contributed by atoms with Gasteiger partial charge in [-0.2, -0.15) is 0 Å². The molecule has 5 heteroatoms. The topological polar surface area (TPSA) is 66.8 Å². The Morgan fingerprint density at radius 1 is 1.69 bits per heavy atom. The minimum absolute atomic E-state index is 0.0789. The molecular formula is C8H13NO4. The monoisotopic (exact) mass is 187 g/mol. The lowest BCUT2D eigenvalue weighted by molar-refractivity contribution is -0.141. The summed E-state index contributed by atoms with van der Waals surface area (Å²) in [4.78, 5) is 22.5. The van der Waals surface area contributed by atoms with E-state index < -0.39 is 18.1 Å². The zero-order valence-electron chi connectivity index (χ0n) is 7.69. The van der Waals surface area contributed by atoms with Crippen molar-refractivity contribution in [3.63, 3.8) is 0 Å². The molecule has 0 bridgehead atoms. The summed E-state index contributed by atoms with van der Waals surface area (Å²) in [5.41, 5.74) is 0. The minimum atomic E-state index is -1.07. The van der Waals surface area contributed by atoms with Gasteiger partial charge in [0.05, 0.1) is 0 Å². The summed E-state index contributed by atoms with van der Waals surface area (Å²) in [7, 11) is 1.37. The van der Waals surface area contributed by atoms with Crippen LogP contribution in [0.15, 0.2) is 12.7 Å². The molecule has 0 fully saturated rings. The summed E-state index contributed by atoms with van der Waals surface area (Å²) < 4.78 is 4.63. The maximum Gasteiger partial charge on any atom is 0.410 e. The lowest BCUT2D eigenvalue weighted by Gasteiger charge is -2.20. The van der Waals surface area contributed by atoms with Crippen molar-refractivity contribution < 1.29 is 19.4 Å². The molecule has 0 spiro atoms. The zero-order chi connectivity index (χ0) is 10.4. The molecule has 0 aliphatic heterocycles. The highest BCUT2D eigenvalue weighted by atomic mass is 16.6. The van der Waals surface area contributed by atoms with Gasteiger partial charge in [-0.25, -0.2) is 9.59 Å². The van der Waals surface area contributed by atoms with E-state index in [1.54, 1.807) is 0 Å². The van der Waals surface area contributed by atoms with Gasteiger partial charge in [-0.3, -0.25) is 4.90 Å². The Labute approximate surface area is 76.6 Å². The van der Waals surface area contributed by atoms with Crippen molar-refractivity contribution in [2.45, 2.75) is 13.0 Å². The molecule has 0 rings (SSSR count). The number of hydrogen-bond acceptors (Lipinski definition) is 3. The van der Waals surface area contributed by atoms with Gasteiger partial charge in [0.15, 0.2) is 0 Å². The molecule has 0 aromatic carbocycles. The molecule has 0 aromatic heterocycles. The first-order chi connectivity index (χ1) is 6.00. The molecule has 0 saturated heterocycles. The summed E-state index contributed by atoms with van der Waals surface area (Å²) in [5, 5.41) is 8.56. The fraction of sp³-hybridized carbons (Fsp3) is 0.500. The Morgan fingerprint density at radius 3 is 2.62 bits per heavy atom. The molecule has 5 nitrogen and oxygen atoms in total. The number of rotatable bonds is 4. The van der Waals surface area contributed by atoms with Crippen molar-refractivity contribution in [1.82, 2.24) is 4.90 Å². The molecule has 0 heterocycles. The van der Waals surface area contributed by atoms with Gasteiger partial charge in [0.25, 0.3) is 0 Å². The molecule has 74 valence electrons. The number of carboxylic acid groups (broad SMARTS) is 1. The van der Waals surface area contributed by atoms with Crippen molar-refractivity contribution in [1.29, 1.82) is 0 Å². The van der Waals surface area contributed by atoms with Crippen LogP contribution in [0.4, 0.5) is 4.79 Å². The molecule has 0 unspecified atom stereocenters. The van der Waals surface area contributed by atoms with Gasteiger partial charge in [-0.1, -0.05) is 12.7 Å². The number of hydrogen-bond donors (Lipinski definition) is 1. The van der Waals surface area contributed by atoms with Crippen LogP contribution in [-0.4, -0.2) is 41.8 Å². The summed E-state index contributed by atoms with van der Waals surface area (Å²) in [5.74, 6) is -1.07. The predicted octanol–water partition coefficient (Wildman–Crippen LogP) is 0.714. The summed E-state index contributed by atoms with van der Waals surface area (Å²) in [6.45, 7) is 4.84. The Balaban J connectivity index is 4.08. The number of likely N-dealkylation sites (N-methyl/N-ethyl adjacent to an activating group) is 1. The highest BCUT2D eigenvalue weighted by molar-refractivity contribution is 5.79. The summed E-state index contributed by atoms with van der Waals surface area (Å²) >= 11 is 0. The van der Waals surface area contributed by atoms with E-state index in [1.165, 1.54) is 20.0 Å². The maximum absolute atomic E-state index is 11.0. The van der Waals surface area contributed by atoms with Gasteiger partial charge in [-0.15, -0.1) is 0 Å². The smallest absolute Gasteiger partial charge is 0.410 e. The highest BCUT2D eigenvalue weighted by Gasteiger charge is 2.22. The van der Waals surface area contributed by atoms with E-state index in [1.807, 2.05) is 0 Å². The predicted molar refractivity (Wildman–Crippen MR) is 46.4 cm³/mol. The lowest BCUT2D eigenvalue weighted by atomic mass is 10.3. The van der Waals surface area contributed by atoms with Crippen LogP contribution in [0.5, 0.6) is 0 Å². The average Bonchev–Trinajstić information content (AvgIpc) is 2.11. The van der Waals surface area contributed by atoms with Gasteiger partial charge in [0, 0.05) is 7.05 Å². The van der Waals surface area contributed by atoms with Crippen LogP contribution in [0.3, 0.4) is 0 Å². The fourth-order valence-electron chi connectivity index (χ4n) is 0.556. The Bertz CT molecular complexity index is 214. The molecule has 0 radical (unpaired) electrons. The van der Waals surface area contributed by atoms with Gasteiger partial charge >= 0.3 is 12.1 Å². The van der Waals surface area contributed by atoms with Crippen molar-refractivity contribution in [2.24, 2.45) is 0 Å². The van der Waals surface area contributed by atoms with Crippen molar-refractivity contribution in [3.8, 4) is 0 Å². The molecule has 0 saturated carbocycles. The van der Waals surface area contributed by atoms with E-state index in [9.17, 15) is 9.59 Å². The fourth-order valence-corrected chi connectivity index (χ4v) is 0.556. The summed E-state index contributed by atoms with van der Waals surface area (Å²) in [6, 6.07) is -0.891. The summed E-state index contributed by atoms with van der Waals surface area (Å²) in [6.07, 6.45) is 0.742. The number of carboxylic acids is 1. The number of ether oxygens (including phenoxy) is 1. The van der Waals surface area contributed by atoms with Gasteiger partial charge in [0.1, 0.15) is 12.6 Å². The quantitative estimate of drug-likeness (QED) is 0.658. The maximum atomic E-state index is 11.0. The Morgan fingerprint density at radius 2 is 2.23 bits per heavy atom. The number of carbonyl (C=O) groups is 2. The van der Waals surface area contributed by atoms with Crippen molar-refractivity contribution in [3.05, 3.63) is 12.7 Å². The molecule has 1 amide bonds. The standard InChI is InChI=1S/C8H13NO4/c1-4-5-13-8(12)9(3)6(2)7(10)11/h4,6H,1,5H2,2-3H3,(H,10,11)/t6-/m1/s1. The zero-order valence-corrected chi connectivity index (χ0v) is 7.69. The van der Waals surface area contributed by atoms with E-state index in [2.05, 4.69) is 11.3 Å². The molecule has 0 aromatic rings. The molecule has 1 atom stereocenters. The van der Waals surface area contributed by atoms with Crippen molar-refractivity contribution >= 4 is 12.1 Å². The van der Waals surface area contributed by atoms with E-state index in [0.29, 0.717) is 0 Å². The highest BCUT2D eigenvalue weighted by Crippen LogP contribution is 1.98. The first-order valence-corrected chi connectivity index (χ1v) is 3.74.